The number of nitrogens with zero attached hydrogens (tertiary/aromatic N) is 1. The topological polar surface area (TPSA) is 49.4 Å². The second-order valence-corrected chi connectivity index (χ2v) is 7.79. The van der Waals surface area contributed by atoms with Crippen LogP contribution in [0.1, 0.15) is 39.5 Å². The predicted molar refractivity (Wildman–Crippen MR) is 79.1 cm³/mol. The average Bonchev–Trinajstić information content (AvgIpc) is 2.35. The van der Waals surface area contributed by atoms with Crippen LogP contribution in [0.2, 0.25) is 0 Å². The Kier molecular flexibility index (Phi) is 7.13. The summed E-state index contributed by atoms with van der Waals surface area (Å²) < 4.78 is 28.3. The van der Waals surface area contributed by atoms with Gasteiger partial charge in [0, 0.05) is 25.0 Å². The van der Waals surface area contributed by atoms with Gasteiger partial charge in [-0.05, 0) is 37.5 Å². The highest BCUT2D eigenvalue weighted by molar-refractivity contribution is 9.09. The molecule has 0 spiro atoms. The molecule has 0 aromatic carbocycles. The number of hydrogen-bond acceptors (Lipinski definition) is 2. The Morgan fingerprint density at radius 1 is 1.39 bits per heavy atom. The summed E-state index contributed by atoms with van der Waals surface area (Å²) in [5.74, 6) is 1.25. The van der Waals surface area contributed by atoms with Crippen molar-refractivity contribution < 1.29 is 8.42 Å². The molecule has 0 aromatic rings. The van der Waals surface area contributed by atoms with Crippen molar-refractivity contribution in [3.63, 3.8) is 0 Å². The number of hydrogen-bond donors (Lipinski definition) is 1. The lowest BCUT2D eigenvalue weighted by atomic mass is 10.0. The first-order chi connectivity index (χ1) is 8.45. The van der Waals surface area contributed by atoms with E-state index in [4.69, 9.17) is 0 Å². The van der Waals surface area contributed by atoms with Crippen molar-refractivity contribution in [2.24, 2.45) is 11.8 Å². The van der Waals surface area contributed by atoms with Gasteiger partial charge in [0.2, 0.25) is 0 Å². The smallest absolute Gasteiger partial charge is 0.202 e. The molecule has 1 aliphatic heterocycles. The highest BCUT2D eigenvalue weighted by Crippen LogP contribution is 2.18. The van der Waals surface area contributed by atoms with E-state index in [2.05, 4.69) is 34.5 Å². The molecule has 0 bridgehead atoms. The van der Waals surface area contributed by atoms with E-state index in [1.165, 1.54) is 0 Å². The lowest BCUT2D eigenvalue weighted by Gasteiger charge is -2.29. The number of halogens is 1. The lowest BCUT2D eigenvalue weighted by Crippen LogP contribution is -2.44. The second kappa shape index (κ2) is 7.82. The van der Waals surface area contributed by atoms with Gasteiger partial charge in [0.15, 0.2) is 0 Å². The van der Waals surface area contributed by atoms with Crippen LogP contribution in [0.5, 0.6) is 0 Å². The van der Waals surface area contributed by atoms with E-state index in [-0.39, 0.29) is 0 Å². The van der Waals surface area contributed by atoms with Crippen LogP contribution in [0.15, 0.2) is 0 Å². The SMILES string of the molecule is CC(CBr)CCCNS(=O)(=O)N1CCC(C)CC1. The van der Waals surface area contributed by atoms with Crippen molar-refractivity contribution in [1.29, 1.82) is 0 Å². The molecule has 6 heteroatoms. The molecule has 1 unspecified atom stereocenters. The Balaban J connectivity index is 2.27. The van der Waals surface area contributed by atoms with Crippen LogP contribution < -0.4 is 4.72 Å². The van der Waals surface area contributed by atoms with E-state index in [0.29, 0.717) is 31.5 Å². The fourth-order valence-corrected chi connectivity index (χ4v) is 3.65. The summed E-state index contributed by atoms with van der Waals surface area (Å²) in [5.41, 5.74) is 0. The Morgan fingerprint density at radius 3 is 2.56 bits per heavy atom. The second-order valence-electron chi connectivity index (χ2n) is 5.38. The molecule has 1 fully saturated rings. The minimum Gasteiger partial charge on any atom is -0.202 e. The van der Waals surface area contributed by atoms with Crippen LogP contribution in [-0.2, 0) is 10.2 Å². The largest absolute Gasteiger partial charge is 0.279 e. The zero-order valence-corrected chi connectivity index (χ0v) is 13.8. The van der Waals surface area contributed by atoms with E-state index >= 15 is 0 Å². The Morgan fingerprint density at radius 2 is 2.00 bits per heavy atom. The van der Waals surface area contributed by atoms with Crippen LogP contribution in [0.3, 0.4) is 0 Å². The summed E-state index contributed by atoms with van der Waals surface area (Å²) in [7, 11) is -3.24. The molecule has 1 rings (SSSR count). The van der Waals surface area contributed by atoms with E-state index in [0.717, 1.165) is 31.0 Å². The van der Waals surface area contributed by atoms with E-state index in [1.54, 1.807) is 4.31 Å². The van der Waals surface area contributed by atoms with E-state index < -0.39 is 10.2 Å². The molecule has 1 aliphatic rings. The van der Waals surface area contributed by atoms with Gasteiger partial charge in [-0.1, -0.05) is 29.8 Å². The number of nitrogens with one attached hydrogen (secondary N) is 1. The van der Waals surface area contributed by atoms with E-state index in [1.807, 2.05) is 0 Å². The van der Waals surface area contributed by atoms with Crippen LogP contribution in [-0.4, -0.2) is 37.7 Å². The highest BCUT2D eigenvalue weighted by atomic mass is 79.9. The summed E-state index contributed by atoms with van der Waals surface area (Å²) in [6, 6.07) is 0. The van der Waals surface area contributed by atoms with Gasteiger partial charge in [0.25, 0.3) is 10.2 Å². The van der Waals surface area contributed by atoms with Gasteiger partial charge in [-0.15, -0.1) is 0 Å². The maximum atomic E-state index is 12.0. The Bertz CT molecular complexity index is 327. The first kappa shape index (κ1) is 16.4. The number of alkyl halides is 1. The third-order valence-electron chi connectivity index (χ3n) is 3.50. The highest BCUT2D eigenvalue weighted by Gasteiger charge is 2.25. The van der Waals surface area contributed by atoms with Gasteiger partial charge in [0.05, 0.1) is 0 Å². The van der Waals surface area contributed by atoms with Crippen LogP contribution in [0.25, 0.3) is 0 Å². The van der Waals surface area contributed by atoms with Gasteiger partial charge in [-0.3, -0.25) is 0 Å². The van der Waals surface area contributed by atoms with Crippen molar-refractivity contribution >= 4 is 26.1 Å². The standard InChI is InChI=1S/C12H25BrN2O2S/c1-11-5-8-15(9-6-11)18(16,17)14-7-3-4-12(2)10-13/h11-12,14H,3-10H2,1-2H3. The fourth-order valence-electron chi connectivity index (χ4n) is 2.05. The maximum Gasteiger partial charge on any atom is 0.279 e. The Hall–Kier alpha value is 0.350. The molecule has 18 heavy (non-hydrogen) atoms. The summed E-state index contributed by atoms with van der Waals surface area (Å²) in [5, 5.41) is 0.976. The number of rotatable bonds is 7. The molecule has 108 valence electrons. The number of piperidine rings is 1. The molecule has 0 aromatic heterocycles. The van der Waals surface area contributed by atoms with Crippen LogP contribution >= 0.6 is 15.9 Å². The normalized spacial score (nSPS) is 21.1. The first-order valence-electron chi connectivity index (χ1n) is 6.76. The van der Waals surface area contributed by atoms with Crippen molar-refractivity contribution in [3.05, 3.63) is 0 Å². The minimum absolute atomic E-state index is 0.547. The van der Waals surface area contributed by atoms with Gasteiger partial charge in [-0.2, -0.15) is 12.7 Å². The summed E-state index contributed by atoms with van der Waals surface area (Å²) in [6.07, 6.45) is 3.89. The fraction of sp³-hybridized carbons (Fsp3) is 1.00. The van der Waals surface area contributed by atoms with Crippen molar-refractivity contribution in [1.82, 2.24) is 9.03 Å². The molecule has 0 aliphatic carbocycles. The molecule has 0 amide bonds. The summed E-state index contributed by atoms with van der Waals surface area (Å²) in [4.78, 5) is 0. The molecule has 1 atom stereocenters. The summed E-state index contributed by atoms with van der Waals surface area (Å²) in [6.45, 7) is 6.21. The van der Waals surface area contributed by atoms with Crippen molar-refractivity contribution in [2.75, 3.05) is 25.0 Å². The van der Waals surface area contributed by atoms with Crippen LogP contribution in [0, 0.1) is 11.8 Å². The summed E-state index contributed by atoms with van der Waals surface area (Å²) >= 11 is 3.43. The van der Waals surface area contributed by atoms with E-state index in [9.17, 15) is 8.42 Å². The van der Waals surface area contributed by atoms with Gasteiger partial charge in [-0.25, -0.2) is 4.72 Å². The van der Waals surface area contributed by atoms with Gasteiger partial charge in [0.1, 0.15) is 0 Å². The Labute approximate surface area is 120 Å². The maximum absolute atomic E-state index is 12.0. The van der Waals surface area contributed by atoms with Gasteiger partial charge < -0.3 is 0 Å². The molecule has 0 radical (unpaired) electrons. The zero-order chi connectivity index (χ0) is 13.6. The lowest BCUT2D eigenvalue weighted by molar-refractivity contribution is 0.285. The third kappa shape index (κ3) is 5.55. The molecule has 4 nitrogen and oxygen atoms in total. The molecular weight excluding hydrogens is 316 g/mol. The first-order valence-corrected chi connectivity index (χ1v) is 9.32. The van der Waals surface area contributed by atoms with Crippen molar-refractivity contribution in [2.45, 2.75) is 39.5 Å². The quantitative estimate of drug-likeness (QED) is 0.571. The van der Waals surface area contributed by atoms with Crippen molar-refractivity contribution in [3.8, 4) is 0 Å². The average molecular weight is 341 g/mol. The zero-order valence-electron chi connectivity index (χ0n) is 11.4. The molecule has 1 N–H and O–H groups in total. The minimum atomic E-state index is -3.24. The van der Waals surface area contributed by atoms with Gasteiger partial charge >= 0.3 is 0 Å². The monoisotopic (exact) mass is 340 g/mol. The molecular formula is C12H25BrN2O2S. The molecule has 1 heterocycles. The molecule has 0 saturated carbocycles. The third-order valence-corrected chi connectivity index (χ3v) is 6.22. The predicted octanol–water partition coefficient (Wildman–Crippen LogP) is 2.36. The molecule has 1 saturated heterocycles. The van der Waals surface area contributed by atoms with Crippen LogP contribution in [0.4, 0.5) is 0 Å².